The lowest BCUT2D eigenvalue weighted by Crippen LogP contribution is -2.39. The van der Waals surface area contributed by atoms with Gasteiger partial charge in [-0.15, -0.1) is 10.2 Å². The molecule has 0 unspecified atom stereocenters. The molecule has 1 heterocycles. The number of carbonyl (C=O) groups is 2. The topological polar surface area (TPSA) is 97.1 Å². The molecule has 0 saturated carbocycles. The second kappa shape index (κ2) is 9.33. The summed E-state index contributed by atoms with van der Waals surface area (Å²) in [6, 6.07) is 16.3. The first kappa shape index (κ1) is 19.1. The molecular weight excluding hydrogens is 432 g/mol. The van der Waals surface area contributed by atoms with Crippen LogP contribution in [0.3, 0.4) is 0 Å². The number of amides is 3. The predicted molar refractivity (Wildman–Crippen MR) is 105 cm³/mol. The lowest BCUT2D eigenvalue weighted by atomic mass is 10.2. The van der Waals surface area contributed by atoms with Gasteiger partial charge in [0.05, 0.1) is 5.75 Å². The van der Waals surface area contributed by atoms with Crippen molar-refractivity contribution in [1.82, 2.24) is 20.8 Å². The average molecular weight is 447 g/mol. The summed E-state index contributed by atoms with van der Waals surface area (Å²) in [6.07, 6.45) is 0. The lowest BCUT2D eigenvalue weighted by Gasteiger charge is -2.06. The van der Waals surface area contributed by atoms with Crippen LogP contribution in [0.5, 0.6) is 0 Å². The molecule has 1 aromatic heterocycles. The van der Waals surface area contributed by atoms with Gasteiger partial charge < -0.3 is 9.73 Å². The molecule has 0 radical (unpaired) electrons. The Morgan fingerprint density at radius 2 is 1.78 bits per heavy atom. The van der Waals surface area contributed by atoms with Crippen molar-refractivity contribution < 1.29 is 14.0 Å². The van der Waals surface area contributed by atoms with Crippen LogP contribution >= 0.6 is 27.7 Å². The number of nitrogens with one attached hydrogen (secondary N) is 2. The number of rotatable bonds is 6. The van der Waals surface area contributed by atoms with Crippen LogP contribution in [0.15, 0.2) is 68.7 Å². The zero-order chi connectivity index (χ0) is 19.1. The molecule has 2 N–H and O–H groups in total. The molecule has 0 spiro atoms. The number of aromatic nitrogens is 2. The van der Waals surface area contributed by atoms with Crippen molar-refractivity contribution in [2.75, 3.05) is 5.75 Å². The number of hydrogen-bond donors (Lipinski definition) is 2. The zero-order valence-corrected chi connectivity index (χ0v) is 16.4. The van der Waals surface area contributed by atoms with Crippen LogP contribution in [0.2, 0.25) is 0 Å². The molecule has 0 aliphatic rings. The van der Waals surface area contributed by atoms with E-state index in [4.69, 9.17) is 4.42 Å². The third-order valence-electron chi connectivity index (χ3n) is 3.37. The summed E-state index contributed by atoms with van der Waals surface area (Å²) < 4.78 is 6.46. The molecule has 0 fully saturated rings. The van der Waals surface area contributed by atoms with E-state index in [0.717, 1.165) is 27.4 Å². The van der Waals surface area contributed by atoms with Gasteiger partial charge in [-0.2, -0.15) is 0 Å². The Morgan fingerprint density at radius 3 is 2.52 bits per heavy atom. The first-order valence-corrected chi connectivity index (χ1v) is 9.72. The molecule has 2 aromatic carbocycles. The zero-order valence-electron chi connectivity index (χ0n) is 14.0. The van der Waals surface area contributed by atoms with Crippen molar-refractivity contribution in [3.05, 3.63) is 64.6 Å². The molecule has 27 heavy (non-hydrogen) atoms. The smallest absolute Gasteiger partial charge is 0.321 e. The Kier molecular flexibility index (Phi) is 6.61. The molecule has 3 rings (SSSR count). The highest BCUT2D eigenvalue weighted by Gasteiger charge is 2.13. The fourth-order valence-corrected chi connectivity index (χ4v) is 2.92. The van der Waals surface area contributed by atoms with E-state index in [1.165, 1.54) is 0 Å². The SMILES string of the molecule is O=C(CSc1nnc(-c2ccc(Br)cc2)o1)NC(=O)NCc1ccccc1. The normalized spacial score (nSPS) is 10.4. The minimum atomic E-state index is -0.550. The monoisotopic (exact) mass is 446 g/mol. The number of benzene rings is 2. The molecular formula is C18H15BrN4O3S. The fourth-order valence-electron chi connectivity index (χ4n) is 2.09. The summed E-state index contributed by atoms with van der Waals surface area (Å²) >= 11 is 4.42. The van der Waals surface area contributed by atoms with E-state index in [9.17, 15) is 9.59 Å². The highest BCUT2D eigenvalue weighted by Crippen LogP contribution is 2.24. The van der Waals surface area contributed by atoms with Gasteiger partial charge in [0.1, 0.15) is 0 Å². The fraction of sp³-hybridized carbons (Fsp3) is 0.111. The van der Waals surface area contributed by atoms with Gasteiger partial charge in [0.15, 0.2) is 0 Å². The molecule has 0 saturated heterocycles. The number of nitrogens with zero attached hydrogens (tertiary/aromatic N) is 2. The van der Waals surface area contributed by atoms with Crippen LogP contribution in [-0.2, 0) is 11.3 Å². The van der Waals surface area contributed by atoms with E-state index in [-0.39, 0.29) is 11.0 Å². The van der Waals surface area contributed by atoms with E-state index in [2.05, 4.69) is 36.8 Å². The molecule has 0 bridgehead atoms. The van der Waals surface area contributed by atoms with Crippen molar-refractivity contribution >= 4 is 39.6 Å². The minimum absolute atomic E-state index is 0.0132. The van der Waals surface area contributed by atoms with Crippen molar-refractivity contribution in [1.29, 1.82) is 0 Å². The van der Waals surface area contributed by atoms with Crippen LogP contribution in [0.1, 0.15) is 5.56 Å². The van der Waals surface area contributed by atoms with Crippen LogP contribution in [-0.4, -0.2) is 27.9 Å². The highest BCUT2D eigenvalue weighted by atomic mass is 79.9. The number of urea groups is 1. The number of halogens is 1. The maximum absolute atomic E-state index is 11.9. The quantitative estimate of drug-likeness (QED) is 0.561. The van der Waals surface area contributed by atoms with E-state index in [0.29, 0.717) is 12.4 Å². The molecule has 7 nitrogen and oxygen atoms in total. The molecule has 3 aromatic rings. The summed E-state index contributed by atoms with van der Waals surface area (Å²) in [7, 11) is 0. The summed E-state index contributed by atoms with van der Waals surface area (Å²) in [5, 5.41) is 13.0. The second-order valence-electron chi connectivity index (χ2n) is 5.39. The average Bonchev–Trinajstić information content (AvgIpc) is 3.15. The van der Waals surface area contributed by atoms with Gasteiger partial charge in [0.25, 0.3) is 5.22 Å². The van der Waals surface area contributed by atoms with Gasteiger partial charge in [-0.25, -0.2) is 4.79 Å². The molecule has 0 aliphatic heterocycles. The van der Waals surface area contributed by atoms with Gasteiger partial charge in [-0.3, -0.25) is 10.1 Å². The third-order valence-corrected chi connectivity index (χ3v) is 4.72. The number of imide groups is 1. The van der Waals surface area contributed by atoms with Gasteiger partial charge in [0.2, 0.25) is 11.8 Å². The predicted octanol–water partition coefficient (Wildman–Crippen LogP) is 3.62. The molecule has 3 amide bonds. The molecule has 138 valence electrons. The van der Waals surface area contributed by atoms with Crippen LogP contribution in [0.4, 0.5) is 4.79 Å². The van der Waals surface area contributed by atoms with Gasteiger partial charge >= 0.3 is 6.03 Å². The van der Waals surface area contributed by atoms with E-state index >= 15 is 0 Å². The van der Waals surface area contributed by atoms with Crippen molar-refractivity contribution in [3.63, 3.8) is 0 Å². The largest absolute Gasteiger partial charge is 0.411 e. The Hall–Kier alpha value is -2.65. The number of carbonyl (C=O) groups excluding carboxylic acids is 2. The summed E-state index contributed by atoms with van der Waals surface area (Å²) in [4.78, 5) is 23.6. The number of hydrogen-bond acceptors (Lipinski definition) is 6. The highest BCUT2D eigenvalue weighted by molar-refractivity contribution is 9.10. The molecule has 0 aliphatic carbocycles. The Balaban J connectivity index is 1.44. The Labute approximate surface area is 168 Å². The maximum Gasteiger partial charge on any atom is 0.321 e. The van der Waals surface area contributed by atoms with Crippen LogP contribution in [0.25, 0.3) is 11.5 Å². The van der Waals surface area contributed by atoms with E-state index < -0.39 is 11.9 Å². The maximum atomic E-state index is 11.9. The van der Waals surface area contributed by atoms with Crippen molar-refractivity contribution in [2.45, 2.75) is 11.8 Å². The van der Waals surface area contributed by atoms with E-state index in [1.54, 1.807) is 0 Å². The second-order valence-corrected chi connectivity index (χ2v) is 7.23. The summed E-state index contributed by atoms with van der Waals surface area (Å²) in [5.74, 6) is -0.0965. The van der Waals surface area contributed by atoms with Crippen molar-refractivity contribution in [3.8, 4) is 11.5 Å². The summed E-state index contributed by atoms with van der Waals surface area (Å²) in [5.41, 5.74) is 1.73. The molecule has 0 atom stereocenters. The first-order valence-electron chi connectivity index (χ1n) is 7.94. The Bertz CT molecular complexity index is 916. The molecule has 9 heteroatoms. The standard InChI is InChI=1S/C18H15BrN4O3S/c19-14-8-6-13(7-9-14)16-22-23-18(26-16)27-11-15(24)21-17(25)20-10-12-4-2-1-3-5-12/h1-9H,10-11H2,(H2,20,21,24,25). The first-order chi connectivity index (χ1) is 13.1. The van der Waals surface area contributed by atoms with E-state index in [1.807, 2.05) is 54.6 Å². The van der Waals surface area contributed by atoms with Gasteiger partial charge in [0, 0.05) is 16.6 Å². The summed E-state index contributed by atoms with van der Waals surface area (Å²) in [6.45, 7) is 0.341. The lowest BCUT2D eigenvalue weighted by molar-refractivity contribution is -0.117. The number of thioether (sulfide) groups is 1. The van der Waals surface area contributed by atoms with Crippen LogP contribution in [0, 0.1) is 0 Å². The van der Waals surface area contributed by atoms with Crippen LogP contribution < -0.4 is 10.6 Å². The van der Waals surface area contributed by atoms with Crippen molar-refractivity contribution in [2.24, 2.45) is 0 Å². The Morgan fingerprint density at radius 1 is 1.04 bits per heavy atom. The van der Waals surface area contributed by atoms with Gasteiger partial charge in [-0.05, 0) is 29.8 Å². The van der Waals surface area contributed by atoms with Gasteiger partial charge in [-0.1, -0.05) is 58.0 Å². The third kappa shape index (κ3) is 5.93. The minimum Gasteiger partial charge on any atom is -0.411 e.